The van der Waals surface area contributed by atoms with Gasteiger partial charge in [0, 0.05) is 30.9 Å². The standard InChI is InChI=1S/C11H17N3/c1-8-5-14(6-8)7-10-4-3-9(2)13-11(10)12/h3-4,8H,5-7H2,1-2H3,(H2,12,13). The molecule has 3 nitrogen and oxygen atoms in total. The van der Waals surface area contributed by atoms with Gasteiger partial charge in [-0.3, -0.25) is 4.90 Å². The topological polar surface area (TPSA) is 42.1 Å². The van der Waals surface area contributed by atoms with Crippen LogP contribution in [0.2, 0.25) is 0 Å². The average molecular weight is 191 g/mol. The van der Waals surface area contributed by atoms with Gasteiger partial charge in [0.15, 0.2) is 0 Å². The summed E-state index contributed by atoms with van der Waals surface area (Å²) >= 11 is 0. The first-order valence-electron chi connectivity index (χ1n) is 5.09. The molecule has 0 amide bonds. The fourth-order valence-electron chi connectivity index (χ4n) is 1.94. The first kappa shape index (κ1) is 9.46. The zero-order chi connectivity index (χ0) is 10.1. The molecule has 0 unspecified atom stereocenters. The van der Waals surface area contributed by atoms with Crippen molar-refractivity contribution in [3.8, 4) is 0 Å². The summed E-state index contributed by atoms with van der Waals surface area (Å²) in [6.45, 7) is 7.56. The van der Waals surface area contributed by atoms with E-state index in [0.717, 1.165) is 23.7 Å². The van der Waals surface area contributed by atoms with Crippen LogP contribution < -0.4 is 5.73 Å². The second kappa shape index (κ2) is 3.58. The van der Waals surface area contributed by atoms with Crippen molar-refractivity contribution in [3.05, 3.63) is 23.4 Å². The van der Waals surface area contributed by atoms with Crippen molar-refractivity contribution in [2.24, 2.45) is 5.92 Å². The smallest absolute Gasteiger partial charge is 0.128 e. The first-order chi connectivity index (χ1) is 6.65. The molecule has 2 rings (SSSR count). The van der Waals surface area contributed by atoms with Crippen molar-refractivity contribution in [2.45, 2.75) is 20.4 Å². The summed E-state index contributed by atoms with van der Waals surface area (Å²) in [5, 5.41) is 0. The summed E-state index contributed by atoms with van der Waals surface area (Å²) < 4.78 is 0. The highest BCUT2D eigenvalue weighted by molar-refractivity contribution is 5.40. The Morgan fingerprint density at radius 2 is 2.21 bits per heavy atom. The number of rotatable bonds is 2. The highest BCUT2D eigenvalue weighted by Gasteiger charge is 2.22. The van der Waals surface area contributed by atoms with E-state index in [1.807, 2.05) is 13.0 Å². The van der Waals surface area contributed by atoms with Crippen LogP contribution in [-0.2, 0) is 6.54 Å². The number of aryl methyl sites for hydroxylation is 1. The predicted molar refractivity (Wildman–Crippen MR) is 57.8 cm³/mol. The van der Waals surface area contributed by atoms with Crippen LogP contribution >= 0.6 is 0 Å². The predicted octanol–water partition coefficient (Wildman–Crippen LogP) is 1.42. The highest BCUT2D eigenvalue weighted by Crippen LogP contribution is 2.19. The van der Waals surface area contributed by atoms with Gasteiger partial charge in [-0.25, -0.2) is 4.98 Å². The summed E-state index contributed by atoms with van der Waals surface area (Å²) in [7, 11) is 0. The number of hydrogen-bond acceptors (Lipinski definition) is 3. The van der Waals surface area contributed by atoms with Crippen LogP contribution in [0.4, 0.5) is 5.82 Å². The molecule has 0 radical (unpaired) electrons. The summed E-state index contributed by atoms with van der Waals surface area (Å²) in [5.41, 5.74) is 7.99. The van der Waals surface area contributed by atoms with Crippen molar-refractivity contribution in [3.63, 3.8) is 0 Å². The van der Waals surface area contributed by atoms with Crippen LogP contribution in [0.1, 0.15) is 18.2 Å². The van der Waals surface area contributed by atoms with Crippen molar-refractivity contribution in [1.82, 2.24) is 9.88 Å². The molecular formula is C11H17N3. The molecule has 1 fully saturated rings. The Balaban J connectivity index is 2.02. The van der Waals surface area contributed by atoms with Gasteiger partial charge in [0.1, 0.15) is 5.82 Å². The Hall–Kier alpha value is -1.09. The van der Waals surface area contributed by atoms with Gasteiger partial charge in [-0.1, -0.05) is 13.0 Å². The monoisotopic (exact) mass is 191 g/mol. The Labute approximate surface area is 84.9 Å². The van der Waals surface area contributed by atoms with E-state index in [2.05, 4.69) is 22.9 Å². The van der Waals surface area contributed by atoms with E-state index >= 15 is 0 Å². The number of likely N-dealkylation sites (tertiary alicyclic amines) is 1. The largest absolute Gasteiger partial charge is 0.383 e. The second-order valence-electron chi connectivity index (χ2n) is 4.30. The van der Waals surface area contributed by atoms with Crippen LogP contribution in [0.5, 0.6) is 0 Å². The number of nitrogens with two attached hydrogens (primary N) is 1. The first-order valence-corrected chi connectivity index (χ1v) is 5.09. The van der Waals surface area contributed by atoms with E-state index in [1.54, 1.807) is 0 Å². The molecule has 3 heteroatoms. The maximum absolute atomic E-state index is 5.85. The molecule has 1 aromatic heterocycles. The van der Waals surface area contributed by atoms with Gasteiger partial charge in [-0.05, 0) is 18.9 Å². The van der Waals surface area contributed by atoms with Gasteiger partial charge in [-0.2, -0.15) is 0 Å². The summed E-state index contributed by atoms with van der Waals surface area (Å²) in [6, 6.07) is 4.11. The van der Waals surface area contributed by atoms with E-state index in [4.69, 9.17) is 5.73 Å². The van der Waals surface area contributed by atoms with Crippen molar-refractivity contribution in [2.75, 3.05) is 18.8 Å². The van der Waals surface area contributed by atoms with E-state index in [-0.39, 0.29) is 0 Å². The van der Waals surface area contributed by atoms with Crippen molar-refractivity contribution >= 4 is 5.82 Å². The zero-order valence-corrected chi connectivity index (χ0v) is 8.83. The van der Waals surface area contributed by atoms with Crippen LogP contribution in [-0.4, -0.2) is 23.0 Å². The minimum Gasteiger partial charge on any atom is -0.383 e. The van der Waals surface area contributed by atoms with Crippen molar-refractivity contribution in [1.29, 1.82) is 0 Å². The SMILES string of the molecule is Cc1ccc(CN2CC(C)C2)c(N)n1. The maximum Gasteiger partial charge on any atom is 0.128 e. The molecule has 14 heavy (non-hydrogen) atoms. The van der Waals surface area contributed by atoms with E-state index in [9.17, 15) is 0 Å². The number of anilines is 1. The molecule has 0 spiro atoms. The molecule has 2 N–H and O–H groups in total. The van der Waals surface area contributed by atoms with E-state index in [1.165, 1.54) is 13.1 Å². The number of nitrogen functional groups attached to an aromatic ring is 1. The number of pyridine rings is 1. The summed E-state index contributed by atoms with van der Waals surface area (Å²) in [5.74, 6) is 1.53. The van der Waals surface area contributed by atoms with Gasteiger partial charge in [0.2, 0.25) is 0 Å². The minimum absolute atomic E-state index is 0.685. The van der Waals surface area contributed by atoms with Gasteiger partial charge in [0.05, 0.1) is 0 Å². The molecule has 0 aromatic carbocycles. The lowest BCUT2D eigenvalue weighted by molar-refractivity contribution is 0.105. The van der Waals surface area contributed by atoms with Gasteiger partial charge >= 0.3 is 0 Å². The lowest BCUT2D eigenvalue weighted by Crippen LogP contribution is -2.44. The Morgan fingerprint density at radius 3 is 2.79 bits per heavy atom. The fraction of sp³-hybridized carbons (Fsp3) is 0.545. The highest BCUT2D eigenvalue weighted by atomic mass is 15.2. The minimum atomic E-state index is 0.685. The fourth-order valence-corrected chi connectivity index (χ4v) is 1.94. The molecule has 0 atom stereocenters. The Morgan fingerprint density at radius 1 is 1.50 bits per heavy atom. The van der Waals surface area contributed by atoms with Crippen LogP contribution in [0.3, 0.4) is 0 Å². The van der Waals surface area contributed by atoms with E-state index in [0.29, 0.717) is 5.82 Å². The molecule has 1 aliphatic heterocycles. The average Bonchev–Trinajstić information content (AvgIpc) is 2.06. The summed E-state index contributed by atoms with van der Waals surface area (Å²) in [6.07, 6.45) is 0. The second-order valence-corrected chi connectivity index (χ2v) is 4.30. The molecule has 0 saturated carbocycles. The van der Waals surface area contributed by atoms with Gasteiger partial charge in [0.25, 0.3) is 0 Å². The van der Waals surface area contributed by atoms with Crippen LogP contribution in [0.25, 0.3) is 0 Å². The number of hydrogen-bond donors (Lipinski definition) is 1. The normalized spacial score (nSPS) is 18.1. The maximum atomic E-state index is 5.85. The lowest BCUT2D eigenvalue weighted by atomic mass is 10.0. The molecule has 2 heterocycles. The lowest BCUT2D eigenvalue weighted by Gasteiger charge is -2.37. The number of nitrogens with zero attached hydrogens (tertiary/aromatic N) is 2. The van der Waals surface area contributed by atoms with E-state index < -0.39 is 0 Å². The molecular weight excluding hydrogens is 174 g/mol. The molecule has 0 aliphatic carbocycles. The van der Waals surface area contributed by atoms with Crippen LogP contribution in [0, 0.1) is 12.8 Å². The third kappa shape index (κ3) is 1.87. The zero-order valence-electron chi connectivity index (χ0n) is 8.83. The summed E-state index contributed by atoms with van der Waals surface area (Å²) in [4.78, 5) is 6.65. The van der Waals surface area contributed by atoms with Gasteiger partial charge < -0.3 is 5.73 Å². The molecule has 76 valence electrons. The Kier molecular flexibility index (Phi) is 2.42. The molecule has 1 saturated heterocycles. The third-order valence-corrected chi connectivity index (χ3v) is 2.69. The molecule has 0 bridgehead atoms. The van der Waals surface area contributed by atoms with Crippen molar-refractivity contribution < 1.29 is 0 Å². The molecule has 1 aliphatic rings. The molecule has 1 aromatic rings. The number of aromatic nitrogens is 1. The van der Waals surface area contributed by atoms with Gasteiger partial charge in [-0.15, -0.1) is 0 Å². The quantitative estimate of drug-likeness (QED) is 0.768. The Bertz CT molecular complexity index is 329. The third-order valence-electron chi connectivity index (χ3n) is 2.69. The van der Waals surface area contributed by atoms with Crippen LogP contribution in [0.15, 0.2) is 12.1 Å².